The summed E-state index contributed by atoms with van der Waals surface area (Å²) in [5, 5.41) is 0. The van der Waals surface area contributed by atoms with Gasteiger partial charge >= 0.3 is 0 Å². The molecule has 0 radical (unpaired) electrons. The van der Waals surface area contributed by atoms with E-state index in [1.54, 1.807) is 0 Å². The topological polar surface area (TPSA) is 36.9 Å². The molecule has 1 aliphatic rings. The third-order valence-electron chi connectivity index (χ3n) is 14.4. The summed E-state index contributed by atoms with van der Waals surface area (Å²) < 4.78 is 27.1. The van der Waals surface area contributed by atoms with Crippen molar-refractivity contribution in [1.29, 1.82) is 0 Å². The van der Waals surface area contributed by atoms with E-state index in [1.165, 1.54) is 50.1 Å². The van der Waals surface area contributed by atoms with Crippen LogP contribution in [0.3, 0.4) is 0 Å². The van der Waals surface area contributed by atoms with E-state index < -0.39 is 16.6 Å². The molecule has 378 valence electrons. The molecule has 4 nitrogen and oxygen atoms in total. The van der Waals surface area contributed by atoms with E-state index in [1.807, 2.05) is 12.2 Å². The SMILES string of the molecule is C=Cc1cccc(CC(C)(C)OC(C)CC(C)(C)Oc2ccc(C3(c4ccc(OC(C)(C)CC(C)OC(C)(C)Cc5cccc(C=C)c5)cc4)CC(c4ccccc4)c4cc(-c5ccccc5)ccc43)cc2)c1. The Hall–Kier alpha value is -6.46. The second-order valence-electron chi connectivity index (χ2n) is 23.0. The van der Waals surface area contributed by atoms with E-state index in [-0.39, 0.29) is 29.3 Å². The number of fused-ring (bicyclic) bond motifs is 1. The largest absolute Gasteiger partial charge is 0.488 e. The Bertz CT molecular complexity index is 2810. The van der Waals surface area contributed by atoms with Gasteiger partial charge in [0.25, 0.3) is 0 Å². The van der Waals surface area contributed by atoms with Gasteiger partial charge in [0.05, 0.1) is 23.4 Å². The van der Waals surface area contributed by atoms with Gasteiger partial charge in [0.1, 0.15) is 22.7 Å². The predicted molar refractivity (Wildman–Crippen MR) is 306 cm³/mol. The summed E-state index contributed by atoms with van der Waals surface area (Å²) in [6, 6.07) is 63.8. The Morgan fingerprint density at radius 3 is 1.40 bits per heavy atom. The van der Waals surface area contributed by atoms with Crippen LogP contribution < -0.4 is 9.47 Å². The molecule has 0 fully saturated rings. The zero-order valence-corrected chi connectivity index (χ0v) is 45.2. The molecule has 0 heterocycles. The van der Waals surface area contributed by atoms with E-state index in [9.17, 15) is 0 Å². The Balaban J connectivity index is 1.06. The number of hydrogen-bond donors (Lipinski definition) is 0. The molecule has 0 bridgehead atoms. The van der Waals surface area contributed by atoms with Gasteiger partial charge in [-0.3, -0.25) is 0 Å². The summed E-state index contributed by atoms with van der Waals surface area (Å²) in [4.78, 5) is 0. The molecule has 0 spiro atoms. The van der Waals surface area contributed by atoms with Crippen molar-refractivity contribution in [2.45, 2.75) is 147 Å². The summed E-state index contributed by atoms with van der Waals surface area (Å²) >= 11 is 0. The van der Waals surface area contributed by atoms with Gasteiger partial charge in [-0.05, 0) is 161 Å². The molecular weight excluding hydrogens is 893 g/mol. The first kappa shape index (κ1) is 52.9. The van der Waals surface area contributed by atoms with Crippen molar-refractivity contribution in [2.24, 2.45) is 0 Å². The van der Waals surface area contributed by atoms with Gasteiger partial charge < -0.3 is 18.9 Å². The maximum atomic E-state index is 6.85. The van der Waals surface area contributed by atoms with Crippen LogP contribution in [0.1, 0.15) is 144 Å². The van der Waals surface area contributed by atoms with Gasteiger partial charge in [-0.25, -0.2) is 0 Å². The van der Waals surface area contributed by atoms with Crippen molar-refractivity contribution in [3.63, 3.8) is 0 Å². The summed E-state index contributed by atoms with van der Waals surface area (Å²) in [6.07, 6.45) is 7.66. The van der Waals surface area contributed by atoms with Crippen LogP contribution in [0.25, 0.3) is 23.3 Å². The van der Waals surface area contributed by atoms with Crippen molar-refractivity contribution >= 4 is 12.2 Å². The second-order valence-corrected chi connectivity index (χ2v) is 23.0. The third-order valence-corrected chi connectivity index (χ3v) is 14.4. The highest BCUT2D eigenvalue weighted by atomic mass is 16.5. The lowest BCUT2D eigenvalue weighted by atomic mass is 9.69. The van der Waals surface area contributed by atoms with Crippen molar-refractivity contribution in [2.75, 3.05) is 0 Å². The van der Waals surface area contributed by atoms with Crippen LogP contribution in [-0.2, 0) is 27.7 Å². The van der Waals surface area contributed by atoms with E-state index in [0.717, 1.165) is 54.7 Å². The molecule has 8 rings (SSSR count). The van der Waals surface area contributed by atoms with Gasteiger partial charge in [0.15, 0.2) is 0 Å². The van der Waals surface area contributed by atoms with E-state index in [4.69, 9.17) is 18.9 Å². The molecule has 0 saturated carbocycles. The molecular formula is C69H78O4. The minimum Gasteiger partial charge on any atom is -0.488 e. The first-order chi connectivity index (χ1) is 34.7. The van der Waals surface area contributed by atoms with Gasteiger partial charge in [-0.15, -0.1) is 0 Å². The zero-order chi connectivity index (χ0) is 52.0. The lowest BCUT2D eigenvalue weighted by molar-refractivity contribution is -0.0872. The van der Waals surface area contributed by atoms with Crippen LogP contribution in [0.2, 0.25) is 0 Å². The van der Waals surface area contributed by atoms with Crippen LogP contribution >= 0.6 is 0 Å². The van der Waals surface area contributed by atoms with Crippen LogP contribution in [0, 0.1) is 0 Å². The quantitative estimate of drug-likeness (QED) is 0.0678. The first-order valence-corrected chi connectivity index (χ1v) is 26.4. The van der Waals surface area contributed by atoms with Gasteiger partial charge in [-0.2, -0.15) is 0 Å². The Morgan fingerprint density at radius 1 is 0.493 bits per heavy atom. The molecule has 7 aromatic carbocycles. The fourth-order valence-corrected chi connectivity index (χ4v) is 11.9. The van der Waals surface area contributed by atoms with Crippen molar-refractivity contribution in [3.8, 4) is 22.6 Å². The fourth-order valence-electron chi connectivity index (χ4n) is 11.9. The Morgan fingerprint density at radius 2 is 0.945 bits per heavy atom. The molecule has 7 aromatic rings. The monoisotopic (exact) mass is 971 g/mol. The van der Waals surface area contributed by atoms with E-state index in [2.05, 4.69) is 258 Å². The zero-order valence-electron chi connectivity index (χ0n) is 45.2. The number of rotatable bonds is 22. The smallest absolute Gasteiger partial charge is 0.120 e. The van der Waals surface area contributed by atoms with Crippen LogP contribution in [-0.4, -0.2) is 34.6 Å². The highest BCUT2D eigenvalue weighted by molar-refractivity contribution is 5.70. The Kier molecular flexibility index (Phi) is 15.9. The normalized spacial score (nSPS) is 16.8. The highest BCUT2D eigenvalue weighted by Crippen LogP contribution is 2.57. The fraction of sp³-hybridized carbons (Fsp3) is 0.333. The minimum absolute atomic E-state index is 0.0290. The lowest BCUT2D eigenvalue weighted by Gasteiger charge is -2.35. The molecule has 3 atom stereocenters. The maximum absolute atomic E-state index is 6.85. The lowest BCUT2D eigenvalue weighted by Crippen LogP contribution is -2.38. The average Bonchev–Trinajstić information content (AvgIpc) is 3.69. The van der Waals surface area contributed by atoms with Crippen molar-refractivity contribution in [3.05, 3.63) is 239 Å². The highest BCUT2D eigenvalue weighted by Gasteiger charge is 2.47. The first-order valence-electron chi connectivity index (χ1n) is 26.4. The molecule has 0 aliphatic heterocycles. The Labute approximate surface area is 438 Å². The molecule has 0 aromatic heterocycles. The van der Waals surface area contributed by atoms with E-state index >= 15 is 0 Å². The van der Waals surface area contributed by atoms with E-state index in [0.29, 0.717) is 0 Å². The molecule has 1 aliphatic carbocycles. The van der Waals surface area contributed by atoms with Crippen LogP contribution in [0.5, 0.6) is 11.5 Å². The molecule has 0 saturated heterocycles. The van der Waals surface area contributed by atoms with Gasteiger partial charge in [0.2, 0.25) is 0 Å². The average molecular weight is 971 g/mol. The minimum atomic E-state index is -0.481. The van der Waals surface area contributed by atoms with Crippen molar-refractivity contribution < 1.29 is 18.9 Å². The van der Waals surface area contributed by atoms with Crippen LogP contribution in [0.15, 0.2) is 189 Å². The standard InChI is InChI=1S/C69H78O4/c1-13-51-23-21-25-53(41-51)46-67(9,10)70-49(3)44-65(5,6)72-60-36-32-58(33-37-60)69(48-63(56-29-19-16-20-30-56)62-43-57(31-40-64(62)69)55-27-17-15-18-28-55)59-34-38-61(39-35-59)73-66(7,8)45-50(4)71-68(11,12)47-54-26-22-24-52(14-2)42-54/h13-43,49-50,63H,1-2,44-48H2,3-12H3. The summed E-state index contributed by atoms with van der Waals surface area (Å²) in [7, 11) is 0. The van der Waals surface area contributed by atoms with Gasteiger partial charge in [0, 0.05) is 37.0 Å². The maximum Gasteiger partial charge on any atom is 0.120 e. The summed E-state index contributed by atoms with van der Waals surface area (Å²) in [5.41, 5.74) is 11.5. The third kappa shape index (κ3) is 13.2. The van der Waals surface area contributed by atoms with Crippen molar-refractivity contribution in [1.82, 2.24) is 0 Å². The summed E-state index contributed by atoms with van der Waals surface area (Å²) in [6.45, 7) is 29.6. The predicted octanol–water partition coefficient (Wildman–Crippen LogP) is 17.5. The molecule has 73 heavy (non-hydrogen) atoms. The molecule has 3 unspecified atom stereocenters. The van der Waals surface area contributed by atoms with Crippen LogP contribution in [0.4, 0.5) is 0 Å². The molecule has 0 amide bonds. The number of benzene rings is 7. The molecule has 0 N–H and O–H groups in total. The number of hydrogen-bond acceptors (Lipinski definition) is 4. The summed E-state index contributed by atoms with van der Waals surface area (Å²) in [5.74, 6) is 1.84. The number of ether oxygens (including phenoxy) is 4. The van der Waals surface area contributed by atoms with Gasteiger partial charge in [-0.1, -0.05) is 177 Å². The second kappa shape index (κ2) is 21.9. The molecule has 4 heteroatoms.